The molecule has 0 N–H and O–H groups in total. The lowest BCUT2D eigenvalue weighted by Gasteiger charge is -2.35. The summed E-state index contributed by atoms with van der Waals surface area (Å²) in [5.41, 5.74) is 0.379. The van der Waals surface area contributed by atoms with Gasteiger partial charge >= 0.3 is 6.03 Å². The SMILES string of the molecule is CC1(C)C(=O)N(COCC[Si](C)(C)C)C(=O)N1CC1CCC(OCc2ccccc2)CC1. The summed E-state index contributed by atoms with van der Waals surface area (Å²) in [6.07, 6.45) is 4.29. The Kier molecular flexibility index (Phi) is 8.17. The Labute approximate surface area is 194 Å². The Morgan fingerprint density at radius 1 is 1.03 bits per heavy atom. The van der Waals surface area contributed by atoms with Gasteiger partial charge in [-0.05, 0) is 57.1 Å². The van der Waals surface area contributed by atoms with Gasteiger partial charge in [0.15, 0.2) is 0 Å². The third kappa shape index (κ3) is 6.42. The molecule has 2 aliphatic rings. The molecule has 0 radical (unpaired) electrons. The maximum atomic E-state index is 13.1. The van der Waals surface area contributed by atoms with Crippen molar-refractivity contribution in [3.8, 4) is 0 Å². The first-order valence-corrected chi connectivity index (χ1v) is 15.7. The summed E-state index contributed by atoms with van der Waals surface area (Å²) in [6, 6.07) is 11.1. The Morgan fingerprint density at radius 2 is 1.69 bits per heavy atom. The molecule has 1 aliphatic carbocycles. The van der Waals surface area contributed by atoms with Gasteiger partial charge in [0.1, 0.15) is 12.3 Å². The molecule has 6 nitrogen and oxygen atoms in total. The van der Waals surface area contributed by atoms with Gasteiger partial charge in [0, 0.05) is 21.2 Å². The second-order valence-corrected chi connectivity index (χ2v) is 16.6. The summed E-state index contributed by atoms with van der Waals surface area (Å²) in [6.45, 7) is 12.5. The highest BCUT2D eigenvalue weighted by molar-refractivity contribution is 6.76. The second-order valence-electron chi connectivity index (χ2n) is 11.0. The normalized spacial score (nSPS) is 23.8. The van der Waals surface area contributed by atoms with E-state index >= 15 is 0 Å². The number of carbonyl (C=O) groups excluding carboxylic acids is 2. The number of nitrogens with zero attached hydrogens (tertiary/aromatic N) is 2. The van der Waals surface area contributed by atoms with Crippen LogP contribution in [0.25, 0.3) is 0 Å². The fourth-order valence-electron chi connectivity index (χ4n) is 4.40. The first kappa shape index (κ1) is 24.9. The standard InChI is InChI=1S/C25H40N2O4Si/c1-25(2)23(28)26(19-30-15-16-32(3,4)5)24(29)27(25)17-20-11-13-22(14-12-20)31-18-21-9-7-6-8-10-21/h6-10,20,22H,11-19H2,1-5H3. The van der Waals surface area contributed by atoms with E-state index < -0.39 is 13.6 Å². The summed E-state index contributed by atoms with van der Waals surface area (Å²) in [7, 11) is -1.20. The van der Waals surface area contributed by atoms with E-state index in [0.717, 1.165) is 31.7 Å². The average molecular weight is 461 g/mol. The number of carbonyl (C=O) groups is 2. The molecule has 1 aromatic rings. The minimum Gasteiger partial charge on any atom is -0.374 e. The topological polar surface area (TPSA) is 59.1 Å². The highest BCUT2D eigenvalue weighted by Crippen LogP contribution is 2.33. The maximum Gasteiger partial charge on any atom is 0.329 e. The van der Waals surface area contributed by atoms with Crippen molar-refractivity contribution in [3.63, 3.8) is 0 Å². The summed E-state index contributed by atoms with van der Waals surface area (Å²) >= 11 is 0. The lowest BCUT2D eigenvalue weighted by atomic mass is 9.86. The van der Waals surface area contributed by atoms with Gasteiger partial charge in [-0.2, -0.15) is 0 Å². The number of amides is 3. The molecule has 1 aromatic carbocycles. The summed E-state index contributed by atoms with van der Waals surface area (Å²) in [5, 5.41) is 0. The molecular weight excluding hydrogens is 420 g/mol. The minimum absolute atomic E-state index is 0.0577. The quantitative estimate of drug-likeness (QED) is 0.276. The van der Waals surface area contributed by atoms with Crippen LogP contribution in [-0.2, 0) is 20.9 Å². The van der Waals surface area contributed by atoms with Gasteiger partial charge in [-0.15, -0.1) is 0 Å². The van der Waals surface area contributed by atoms with Crippen LogP contribution in [0, 0.1) is 5.92 Å². The number of benzene rings is 1. The third-order valence-corrected chi connectivity index (χ3v) is 8.39. The fraction of sp³-hybridized carbons (Fsp3) is 0.680. The van der Waals surface area contributed by atoms with Crippen molar-refractivity contribution in [2.45, 2.75) is 83.5 Å². The van der Waals surface area contributed by atoms with Crippen LogP contribution in [0.4, 0.5) is 4.79 Å². The van der Waals surface area contributed by atoms with E-state index in [1.165, 1.54) is 10.5 Å². The van der Waals surface area contributed by atoms with E-state index in [2.05, 4.69) is 31.8 Å². The van der Waals surface area contributed by atoms with Crippen molar-refractivity contribution in [2.75, 3.05) is 19.9 Å². The molecule has 0 unspecified atom stereocenters. The van der Waals surface area contributed by atoms with Crippen LogP contribution < -0.4 is 0 Å². The van der Waals surface area contributed by atoms with E-state index in [1.54, 1.807) is 4.90 Å². The number of hydrogen-bond donors (Lipinski definition) is 0. The van der Waals surface area contributed by atoms with Gasteiger partial charge in [0.05, 0.1) is 12.7 Å². The predicted octanol–water partition coefficient (Wildman–Crippen LogP) is 5.12. The number of imide groups is 1. The van der Waals surface area contributed by atoms with Crippen molar-refractivity contribution >= 4 is 20.0 Å². The zero-order valence-electron chi connectivity index (χ0n) is 20.4. The van der Waals surface area contributed by atoms with Crippen LogP contribution in [0.1, 0.15) is 45.1 Å². The van der Waals surface area contributed by atoms with Crippen LogP contribution in [0.2, 0.25) is 25.7 Å². The molecule has 1 aliphatic heterocycles. The molecule has 178 valence electrons. The van der Waals surface area contributed by atoms with Crippen molar-refractivity contribution < 1.29 is 19.1 Å². The molecule has 7 heteroatoms. The third-order valence-electron chi connectivity index (χ3n) is 6.68. The van der Waals surface area contributed by atoms with E-state index in [9.17, 15) is 9.59 Å². The molecule has 32 heavy (non-hydrogen) atoms. The smallest absolute Gasteiger partial charge is 0.329 e. The Balaban J connectivity index is 1.46. The molecular formula is C25H40N2O4Si. The molecule has 0 spiro atoms. The van der Waals surface area contributed by atoms with Crippen molar-refractivity contribution in [3.05, 3.63) is 35.9 Å². The molecule has 1 heterocycles. The monoisotopic (exact) mass is 460 g/mol. The number of hydrogen-bond acceptors (Lipinski definition) is 4. The van der Waals surface area contributed by atoms with E-state index in [1.807, 2.05) is 32.0 Å². The van der Waals surface area contributed by atoms with E-state index in [-0.39, 0.29) is 24.8 Å². The Hall–Kier alpha value is -1.70. The molecule has 2 fully saturated rings. The second kappa shape index (κ2) is 10.5. The number of ether oxygens (including phenoxy) is 2. The van der Waals surface area contributed by atoms with Crippen molar-refractivity contribution in [1.82, 2.24) is 9.80 Å². The molecule has 1 saturated carbocycles. The molecule has 3 amide bonds. The van der Waals surface area contributed by atoms with Crippen LogP contribution in [-0.4, -0.2) is 61.3 Å². The average Bonchev–Trinajstić information content (AvgIpc) is 2.90. The Morgan fingerprint density at radius 3 is 2.31 bits per heavy atom. The van der Waals surface area contributed by atoms with Gasteiger partial charge in [0.2, 0.25) is 0 Å². The number of urea groups is 1. The molecule has 1 saturated heterocycles. The Bertz CT molecular complexity index is 770. The van der Waals surface area contributed by atoms with Crippen LogP contribution in [0.3, 0.4) is 0 Å². The van der Waals surface area contributed by atoms with E-state index in [4.69, 9.17) is 9.47 Å². The molecule has 0 bridgehead atoms. The lowest BCUT2D eigenvalue weighted by molar-refractivity contribution is -0.135. The number of rotatable bonds is 10. The van der Waals surface area contributed by atoms with Crippen LogP contribution >= 0.6 is 0 Å². The lowest BCUT2D eigenvalue weighted by Crippen LogP contribution is -2.47. The zero-order chi connectivity index (χ0) is 23.4. The minimum atomic E-state index is -1.20. The highest BCUT2D eigenvalue weighted by Gasteiger charge is 2.51. The van der Waals surface area contributed by atoms with Gasteiger partial charge in [-0.25, -0.2) is 9.69 Å². The summed E-state index contributed by atoms with van der Waals surface area (Å²) in [4.78, 5) is 29.0. The fourth-order valence-corrected chi connectivity index (χ4v) is 5.16. The van der Waals surface area contributed by atoms with Gasteiger partial charge in [-0.1, -0.05) is 50.0 Å². The summed E-state index contributed by atoms with van der Waals surface area (Å²) in [5.74, 6) is 0.241. The predicted molar refractivity (Wildman–Crippen MR) is 129 cm³/mol. The van der Waals surface area contributed by atoms with Gasteiger partial charge in [-0.3, -0.25) is 4.79 Å². The largest absolute Gasteiger partial charge is 0.374 e. The molecule has 3 rings (SSSR count). The maximum absolute atomic E-state index is 13.1. The summed E-state index contributed by atoms with van der Waals surface area (Å²) < 4.78 is 11.8. The van der Waals surface area contributed by atoms with E-state index in [0.29, 0.717) is 25.7 Å². The van der Waals surface area contributed by atoms with Crippen molar-refractivity contribution in [1.29, 1.82) is 0 Å². The highest BCUT2D eigenvalue weighted by atomic mass is 28.3. The first-order valence-electron chi connectivity index (χ1n) is 11.9. The molecule has 0 aromatic heterocycles. The van der Waals surface area contributed by atoms with Crippen molar-refractivity contribution in [2.24, 2.45) is 5.92 Å². The van der Waals surface area contributed by atoms with Gasteiger partial charge < -0.3 is 14.4 Å². The first-order chi connectivity index (χ1) is 15.1. The van der Waals surface area contributed by atoms with Crippen LogP contribution in [0.5, 0.6) is 0 Å². The van der Waals surface area contributed by atoms with Crippen LogP contribution in [0.15, 0.2) is 30.3 Å². The van der Waals surface area contributed by atoms with Gasteiger partial charge in [0.25, 0.3) is 5.91 Å². The zero-order valence-corrected chi connectivity index (χ0v) is 21.4. The molecule has 0 atom stereocenters.